The van der Waals surface area contributed by atoms with Crippen molar-refractivity contribution >= 4 is 0 Å². The van der Waals surface area contributed by atoms with Crippen LogP contribution in [0.25, 0.3) is 0 Å². The van der Waals surface area contributed by atoms with Crippen LogP contribution in [0.15, 0.2) is 18.2 Å². The molecule has 2 rings (SSSR count). The molecule has 1 aromatic carbocycles. The Morgan fingerprint density at radius 3 is 2.58 bits per heavy atom. The van der Waals surface area contributed by atoms with E-state index < -0.39 is 0 Å². The van der Waals surface area contributed by atoms with Crippen molar-refractivity contribution in [3.63, 3.8) is 0 Å². The van der Waals surface area contributed by atoms with Gasteiger partial charge in [-0.2, -0.15) is 0 Å². The molecule has 2 N–H and O–H groups in total. The molecule has 1 heterocycles. The van der Waals surface area contributed by atoms with Crippen LogP contribution in [0.3, 0.4) is 0 Å². The summed E-state index contributed by atoms with van der Waals surface area (Å²) in [5.74, 6) is 1.65. The van der Waals surface area contributed by atoms with Gasteiger partial charge in [0, 0.05) is 19.1 Å². The third-order valence-electron chi connectivity index (χ3n) is 4.83. The fourth-order valence-corrected chi connectivity index (χ4v) is 2.89. The average Bonchev–Trinajstić information content (AvgIpc) is 2.37. The molecule has 1 fully saturated rings. The van der Waals surface area contributed by atoms with Gasteiger partial charge in [-0.25, -0.2) is 0 Å². The fraction of sp³-hybridized carbons (Fsp3) is 0.647. The zero-order valence-electron chi connectivity index (χ0n) is 12.8. The van der Waals surface area contributed by atoms with E-state index in [4.69, 9.17) is 5.73 Å². The maximum atomic E-state index is 6.38. The van der Waals surface area contributed by atoms with Crippen LogP contribution in [-0.2, 0) is 0 Å². The monoisotopic (exact) mass is 260 g/mol. The Hall–Kier alpha value is -0.860. The van der Waals surface area contributed by atoms with Crippen molar-refractivity contribution in [1.29, 1.82) is 0 Å². The number of rotatable bonds is 3. The predicted octanol–water partition coefficient (Wildman–Crippen LogP) is 3.28. The number of hydrogen-bond donors (Lipinski definition) is 1. The lowest BCUT2D eigenvalue weighted by Gasteiger charge is -2.36. The van der Waals surface area contributed by atoms with Gasteiger partial charge in [0.25, 0.3) is 0 Å². The van der Waals surface area contributed by atoms with Gasteiger partial charge < -0.3 is 10.6 Å². The molecule has 1 aliphatic rings. The number of aryl methyl sites for hydroxylation is 2. The molecule has 1 aliphatic heterocycles. The van der Waals surface area contributed by atoms with Gasteiger partial charge in [0.2, 0.25) is 0 Å². The summed E-state index contributed by atoms with van der Waals surface area (Å²) in [6.07, 6.45) is 1.31. The Morgan fingerprint density at radius 1 is 1.21 bits per heavy atom. The number of nitrogens with zero attached hydrogens (tertiary/aromatic N) is 1. The molecule has 3 unspecified atom stereocenters. The van der Waals surface area contributed by atoms with Gasteiger partial charge in [-0.15, -0.1) is 0 Å². The van der Waals surface area contributed by atoms with Gasteiger partial charge in [-0.05, 0) is 55.3 Å². The summed E-state index contributed by atoms with van der Waals surface area (Å²) in [4.78, 5) is 2.53. The van der Waals surface area contributed by atoms with E-state index in [0.717, 1.165) is 18.4 Å². The number of benzene rings is 1. The lowest BCUT2D eigenvalue weighted by atomic mass is 9.88. The molecule has 0 aromatic heterocycles. The minimum atomic E-state index is 0.139. The number of nitrogens with two attached hydrogens (primary N) is 1. The Balaban J connectivity index is 1.97. The van der Waals surface area contributed by atoms with E-state index in [1.807, 2.05) is 0 Å². The zero-order chi connectivity index (χ0) is 14.0. The van der Waals surface area contributed by atoms with Crippen LogP contribution in [0.4, 0.5) is 0 Å². The topological polar surface area (TPSA) is 29.3 Å². The minimum Gasteiger partial charge on any atom is -0.323 e. The van der Waals surface area contributed by atoms with Crippen LogP contribution in [-0.4, -0.2) is 24.5 Å². The van der Waals surface area contributed by atoms with Crippen molar-refractivity contribution < 1.29 is 0 Å². The second-order valence-corrected chi connectivity index (χ2v) is 6.45. The van der Waals surface area contributed by atoms with Crippen LogP contribution in [0.1, 0.15) is 43.0 Å². The Labute approximate surface area is 118 Å². The molecule has 1 saturated heterocycles. The Morgan fingerprint density at radius 2 is 1.95 bits per heavy atom. The maximum Gasteiger partial charge on any atom is 0.0424 e. The molecular formula is C17H28N2. The SMILES string of the molecule is Cc1ccc(C(N)CN2CCC(C)C(C)C2)cc1C. The molecule has 0 radical (unpaired) electrons. The van der Waals surface area contributed by atoms with Crippen LogP contribution < -0.4 is 5.73 Å². The minimum absolute atomic E-state index is 0.139. The fourth-order valence-electron chi connectivity index (χ4n) is 2.89. The molecule has 0 spiro atoms. The van der Waals surface area contributed by atoms with Crippen LogP contribution in [0, 0.1) is 25.7 Å². The molecule has 19 heavy (non-hydrogen) atoms. The van der Waals surface area contributed by atoms with Crippen LogP contribution in [0.5, 0.6) is 0 Å². The number of hydrogen-bond acceptors (Lipinski definition) is 2. The van der Waals surface area contributed by atoms with Crippen LogP contribution >= 0.6 is 0 Å². The second kappa shape index (κ2) is 6.06. The lowest BCUT2D eigenvalue weighted by Crippen LogP contribution is -2.41. The van der Waals surface area contributed by atoms with Crippen LogP contribution in [0.2, 0.25) is 0 Å². The molecular weight excluding hydrogens is 232 g/mol. The molecule has 3 atom stereocenters. The quantitative estimate of drug-likeness (QED) is 0.903. The second-order valence-electron chi connectivity index (χ2n) is 6.45. The summed E-state index contributed by atoms with van der Waals surface area (Å²) in [5, 5.41) is 0. The van der Waals surface area contributed by atoms with E-state index in [2.05, 4.69) is 50.8 Å². The summed E-state index contributed by atoms with van der Waals surface area (Å²) in [7, 11) is 0. The third kappa shape index (κ3) is 3.58. The number of piperidine rings is 1. The predicted molar refractivity (Wildman–Crippen MR) is 82.2 cm³/mol. The highest BCUT2D eigenvalue weighted by Gasteiger charge is 2.23. The Bertz CT molecular complexity index is 427. The highest BCUT2D eigenvalue weighted by molar-refractivity contribution is 5.31. The summed E-state index contributed by atoms with van der Waals surface area (Å²) >= 11 is 0. The zero-order valence-corrected chi connectivity index (χ0v) is 12.8. The van der Waals surface area contributed by atoms with E-state index in [1.54, 1.807) is 0 Å². The maximum absolute atomic E-state index is 6.38. The summed E-state index contributed by atoms with van der Waals surface area (Å²) in [5.41, 5.74) is 10.3. The first-order valence-corrected chi connectivity index (χ1v) is 7.52. The first-order chi connectivity index (χ1) is 8.97. The van der Waals surface area contributed by atoms with Gasteiger partial charge >= 0.3 is 0 Å². The van der Waals surface area contributed by atoms with Gasteiger partial charge in [-0.1, -0.05) is 32.0 Å². The van der Waals surface area contributed by atoms with Crippen molar-refractivity contribution in [2.75, 3.05) is 19.6 Å². The van der Waals surface area contributed by atoms with Crippen molar-refractivity contribution in [1.82, 2.24) is 4.90 Å². The number of likely N-dealkylation sites (tertiary alicyclic amines) is 1. The molecule has 106 valence electrons. The molecule has 2 nitrogen and oxygen atoms in total. The van der Waals surface area contributed by atoms with E-state index >= 15 is 0 Å². The van der Waals surface area contributed by atoms with E-state index in [9.17, 15) is 0 Å². The smallest absolute Gasteiger partial charge is 0.0424 e. The largest absolute Gasteiger partial charge is 0.323 e. The molecule has 0 aliphatic carbocycles. The molecule has 0 amide bonds. The van der Waals surface area contributed by atoms with Gasteiger partial charge in [0.05, 0.1) is 0 Å². The van der Waals surface area contributed by atoms with E-state index in [-0.39, 0.29) is 6.04 Å². The highest BCUT2D eigenvalue weighted by atomic mass is 15.1. The average molecular weight is 260 g/mol. The molecule has 0 bridgehead atoms. The van der Waals surface area contributed by atoms with Crippen molar-refractivity contribution in [2.45, 2.75) is 40.2 Å². The van der Waals surface area contributed by atoms with E-state index in [0.29, 0.717) is 0 Å². The molecule has 0 saturated carbocycles. The Kier molecular flexibility index (Phi) is 4.64. The van der Waals surface area contributed by atoms with Crippen molar-refractivity contribution in [2.24, 2.45) is 17.6 Å². The first-order valence-electron chi connectivity index (χ1n) is 7.52. The normalized spacial score (nSPS) is 26.4. The third-order valence-corrected chi connectivity index (χ3v) is 4.83. The van der Waals surface area contributed by atoms with E-state index in [1.165, 1.54) is 36.2 Å². The lowest BCUT2D eigenvalue weighted by molar-refractivity contribution is 0.132. The van der Waals surface area contributed by atoms with Crippen molar-refractivity contribution in [3.8, 4) is 0 Å². The summed E-state index contributed by atoms with van der Waals surface area (Å²) < 4.78 is 0. The van der Waals surface area contributed by atoms with Crippen molar-refractivity contribution in [3.05, 3.63) is 34.9 Å². The van der Waals surface area contributed by atoms with Gasteiger partial charge in [-0.3, -0.25) is 0 Å². The summed E-state index contributed by atoms with van der Waals surface area (Å²) in [6.45, 7) is 12.4. The first kappa shape index (κ1) is 14.5. The highest BCUT2D eigenvalue weighted by Crippen LogP contribution is 2.24. The van der Waals surface area contributed by atoms with Gasteiger partial charge in [0.1, 0.15) is 0 Å². The standard InChI is InChI=1S/C17H28N2/c1-12-5-6-16(9-14(12)3)17(18)11-19-8-7-13(2)15(4)10-19/h5-6,9,13,15,17H,7-8,10-11,18H2,1-4H3. The summed E-state index contributed by atoms with van der Waals surface area (Å²) in [6, 6.07) is 6.75. The van der Waals surface area contributed by atoms with Gasteiger partial charge in [0.15, 0.2) is 0 Å². The molecule has 2 heteroatoms. The molecule has 1 aromatic rings.